The highest BCUT2D eigenvalue weighted by Gasteiger charge is 2.17. The van der Waals surface area contributed by atoms with E-state index in [0.29, 0.717) is 6.42 Å². The number of anilines is 1. The monoisotopic (exact) mass is 162 g/mol. The van der Waals surface area contributed by atoms with Crippen molar-refractivity contribution >= 4 is 11.6 Å². The lowest BCUT2D eigenvalue weighted by Crippen LogP contribution is -2.35. The van der Waals surface area contributed by atoms with Crippen molar-refractivity contribution in [3.63, 3.8) is 0 Å². The molecule has 1 atom stereocenters. The molecule has 0 fully saturated rings. The largest absolute Gasteiger partial charge is 0.325 e. The van der Waals surface area contributed by atoms with Crippen LogP contribution in [0, 0.1) is 0 Å². The molecular weight excluding hydrogens is 152 g/mol. The lowest BCUT2D eigenvalue weighted by molar-refractivity contribution is -0.117. The molecule has 0 saturated carbocycles. The van der Waals surface area contributed by atoms with Crippen molar-refractivity contribution in [2.75, 3.05) is 5.32 Å². The van der Waals surface area contributed by atoms with Crippen LogP contribution < -0.4 is 11.1 Å². The molecular formula is C9H10N2O. The molecule has 0 aromatic heterocycles. The van der Waals surface area contributed by atoms with Gasteiger partial charge in [0, 0.05) is 5.69 Å². The smallest absolute Gasteiger partial charge is 0.241 e. The van der Waals surface area contributed by atoms with E-state index >= 15 is 0 Å². The fraction of sp³-hybridized carbons (Fsp3) is 0.222. The number of hydrogen-bond acceptors (Lipinski definition) is 2. The topological polar surface area (TPSA) is 55.1 Å². The number of fused-ring (bicyclic) bond motifs is 2. The van der Waals surface area contributed by atoms with Gasteiger partial charge in [-0.3, -0.25) is 4.79 Å². The second-order valence-electron chi connectivity index (χ2n) is 3.00. The average molecular weight is 162 g/mol. The minimum atomic E-state index is -0.412. The quantitative estimate of drug-likeness (QED) is 0.584. The van der Waals surface area contributed by atoms with Crippen LogP contribution in [0.15, 0.2) is 24.3 Å². The van der Waals surface area contributed by atoms with Gasteiger partial charge in [-0.25, -0.2) is 0 Å². The van der Waals surface area contributed by atoms with Crippen LogP contribution in [0.5, 0.6) is 0 Å². The van der Waals surface area contributed by atoms with Crippen LogP contribution in [0.1, 0.15) is 5.56 Å². The summed E-state index contributed by atoms with van der Waals surface area (Å²) in [7, 11) is 0. The van der Waals surface area contributed by atoms with Gasteiger partial charge in [0.25, 0.3) is 0 Å². The second kappa shape index (κ2) is 2.60. The van der Waals surface area contributed by atoms with Gasteiger partial charge >= 0.3 is 0 Å². The summed E-state index contributed by atoms with van der Waals surface area (Å²) in [5.41, 5.74) is 7.57. The van der Waals surface area contributed by atoms with Crippen LogP contribution in [-0.4, -0.2) is 11.9 Å². The van der Waals surface area contributed by atoms with Gasteiger partial charge in [-0.1, -0.05) is 12.1 Å². The number of amides is 1. The van der Waals surface area contributed by atoms with E-state index in [1.807, 2.05) is 24.3 Å². The van der Waals surface area contributed by atoms with Crippen LogP contribution in [0.4, 0.5) is 5.69 Å². The minimum absolute atomic E-state index is 0.101. The van der Waals surface area contributed by atoms with E-state index in [9.17, 15) is 4.79 Å². The van der Waals surface area contributed by atoms with E-state index in [-0.39, 0.29) is 5.91 Å². The van der Waals surface area contributed by atoms with Gasteiger partial charge in [-0.15, -0.1) is 0 Å². The Hall–Kier alpha value is -1.35. The summed E-state index contributed by atoms with van der Waals surface area (Å²) < 4.78 is 0. The average Bonchev–Trinajstić information content (AvgIpc) is 2.11. The lowest BCUT2D eigenvalue weighted by Gasteiger charge is -2.05. The number of nitrogens with one attached hydrogen (secondary N) is 1. The standard InChI is InChI=1S/C9H10N2O/c10-8-5-6-2-1-3-7(4-6)11-9(8)12/h1-4,8H,5,10H2,(H,11,12)/t8-/m1/s1. The predicted octanol–water partition coefficient (Wildman–Crippen LogP) is 0.508. The van der Waals surface area contributed by atoms with Gasteiger partial charge in [0.05, 0.1) is 6.04 Å². The highest BCUT2D eigenvalue weighted by molar-refractivity contribution is 5.95. The molecule has 2 bridgehead atoms. The summed E-state index contributed by atoms with van der Waals surface area (Å²) in [6.45, 7) is 0. The molecule has 12 heavy (non-hydrogen) atoms. The van der Waals surface area contributed by atoms with E-state index in [4.69, 9.17) is 5.73 Å². The zero-order valence-electron chi connectivity index (χ0n) is 6.58. The van der Waals surface area contributed by atoms with Gasteiger partial charge in [0.1, 0.15) is 0 Å². The summed E-state index contributed by atoms with van der Waals surface area (Å²) in [5.74, 6) is -0.101. The molecule has 1 heterocycles. The highest BCUT2D eigenvalue weighted by Crippen LogP contribution is 2.15. The molecule has 1 aromatic rings. The zero-order chi connectivity index (χ0) is 8.55. The maximum Gasteiger partial charge on any atom is 0.241 e. The Bertz CT molecular complexity index is 322. The first-order valence-corrected chi connectivity index (χ1v) is 3.91. The molecule has 0 saturated heterocycles. The summed E-state index contributed by atoms with van der Waals surface area (Å²) in [5, 5.41) is 2.73. The van der Waals surface area contributed by atoms with E-state index in [2.05, 4.69) is 5.32 Å². The van der Waals surface area contributed by atoms with Crippen LogP contribution >= 0.6 is 0 Å². The van der Waals surface area contributed by atoms with Crippen LogP contribution in [0.25, 0.3) is 0 Å². The summed E-state index contributed by atoms with van der Waals surface area (Å²) in [4.78, 5) is 11.2. The maximum absolute atomic E-state index is 11.2. The van der Waals surface area contributed by atoms with E-state index in [1.54, 1.807) is 0 Å². The molecule has 2 rings (SSSR count). The molecule has 0 aliphatic carbocycles. The minimum Gasteiger partial charge on any atom is -0.325 e. The van der Waals surface area contributed by atoms with Crippen molar-refractivity contribution in [1.82, 2.24) is 0 Å². The van der Waals surface area contributed by atoms with Crippen molar-refractivity contribution in [1.29, 1.82) is 0 Å². The zero-order valence-corrected chi connectivity index (χ0v) is 6.58. The summed E-state index contributed by atoms with van der Waals surface area (Å²) >= 11 is 0. The molecule has 1 aromatic carbocycles. The van der Waals surface area contributed by atoms with Gasteiger partial charge in [-0.2, -0.15) is 0 Å². The normalized spacial score (nSPS) is 21.4. The number of carbonyl (C=O) groups is 1. The molecule has 0 radical (unpaired) electrons. The molecule has 1 aliphatic heterocycles. The Balaban J connectivity index is 2.41. The lowest BCUT2D eigenvalue weighted by atomic mass is 10.1. The van der Waals surface area contributed by atoms with E-state index in [0.717, 1.165) is 11.3 Å². The number of nitrogens with two attached hydrogens (primary N) is 1. The van der Waals surface area contributed by atoms with E-state index in [1.165, 1.54) is 0 Å². The Morgan fingerprint density at radius 3 is 3.17 bits per heavy atom. The van der Waals surface area contributed by atoms with Crippen molar-refractivity contribution in [3.8, 4) is 0 Å². The first-order valence-electron chi connectivity index (χ1n) is 3.91. The van der Waals surface area contributed by atoms with Crippen LogP contribution in [0.2, 0.25) is 0 Å². The van der Waals surface area contributed by atoms with Crippen LogP contribution in [-0.2, 0) is 11.2 Å². The first kappa shape index (κ1) is 7.31. The Labute approximate surface area is 70.6 Å². The van der Waals surface area contributed by atoms with Gasteiger partial charge in [0.15, 0.2) is 0 Å². The van der Waals surface area contributed by atoms with Gasteiger partial charge < -0.3 is 11.1 Å². The molecule has 1 amide bonds. The molecule has 62 valence electrons. The Morgan fingerprint density at radius 1 is 1.50 bits per heavy atom. The highest BCUT2D eigenvalue weighted by atomic mass is 16.2. The van der Waals surface area contributed by atoms with Crippen molar-refractivity contribution in [3.05, 3.63) is 29.8 Å². The molecule has 3 N–H and O–H groups in total. The van der Waals surface area contributed by atoms with Gasteiger partial charge in [-0.05, 0) is 24.1 Å². The van der Waals surface area contributed by atoms with Crippen molar-refractivity contribution in [2.45, 2.75) is 12.5 Å². The van der Waals surface area contributed by atoms with E-state index < -0.39 is 6.04 Å². The van der Waals surface area contributed by atoms with Crippen molar-refractivity contribution < 1.29 is 4.79 Å². The Kier molecular flexibility index (Phi) is 1.59. The molecule has 0 spiro atoms. The van der Waals surface area contributed by atoms with Gasteiger partial charge in [0.2, 0.25) is 5.91 Å². The summed E-state index contributed by atoms with van der Waals surface area (Å²) in [6, 6.07) is 7.29. The third kappa shape index (κ3) is 1.19. The molecule has 3 heteroatoms. The Morgan fingerprint density at radius 2 is 2.33 bits per heavy atom. The first-order chi connectivity index (χ1) is 5.75. The summed E-state index contributed by atoms with van der Waals surface area (Å²) in [6.07, 6.45) is 0.625. The second-order valence-corrected chi connectivity index (χ2v) is 3.00. The van der Waals surface area contributed by atoms with Crippen molar-refractivity contribution in [2.24, 2.45) is 5.73 Å². The predicted molar refractivity (Wildman–Crippen MR) is 46.8 cm³/mol. The fourth-order valence-corrected chi connectivity index (χ4v) is 1.36. The number of rotatable bonds is 0. The van der Waals surface area contributed by atoms with Crippen LogP contribution in [0.3, 0.4) is 0 Å². The number of carbonyl (C=O) groups excluding carboxylic acids is 1. The molecule has 3 nitrogen and oxygen atoms in total. The number of benzene rings is 1. The maximum atomic E-state index is 11.2. The fourth-order valence-electron chi connectivity index (χ4n) is 1.36. The third-order valence-electron chi connectivity index (χ3n) is 1.99. The third-order valence-corrected chi connectivity index (χ3v) is 1.99. The molecule has 0 unspecified atom stereocenters. The molecule has 1 aliphatic rings. The SMILES string of the molecule is N[C@@H]1Cc2cccc(c2)NC1=O. The number of hydrogen-bond donors (Lipinski definition) is 2.